The fourth-order valence-corrected chi connectivity index (χ4v) is 4.68. The second-order valence-electron chi connectivity index (χ2n) is 6.30. The maximum absolute atomic E-state index is 4.42. The van der Waals surface area contributed by atoms with Crippen LogP contribution in [-0.4, -0.2) is 32.8 Å². The molecule has 5 heteroatoms. The van der Waals surface area contributed by atoms with Gasteiger partial charge in [0, 0.05) is 24.5 Å². The molecule has 1 aliphatic carbocycles. The van der Waals surface area contributed by atoms with Crippen molar-refractivity contribution in [2.24, 2.45) is 5.92 Å². The van der Waals surface area contributed by atoms with E-state index in [0.717, 1.165) is 24.8 Å². The Morgan fingerprint density at radius 3 is 2.90 bits per heavy atom. The van der Waals surface area contributed by atoms with Crippen LogP contribution in [-0.2, 0) is 6.54 Å². The first-order chi connectivity index (χ1) is 10.4. The molecule has 1 fully saturated rings. The lowest BCUT2D eigenvalue weighted by Crippen LogP contribution is -2.41. The van der Waals surface area contributed by atoms with Gasteiger partial charge in [0.05, 0.1) is 0 Å². The van der Waals surface area contributed by atoms with Gasteiger partial charge in [-0.1, -0.05) is 25.3 Å². The van der Waals surface area contributed by atoms with E-state index in [1.165, 1.54) is 43.5 Å². The summed E-state index contributed by atoms with van der Waals surface area (Å²) in [5.41, 5.74) is 0. The maximum Gasteiger partial charge on any atom is 0.155 e. The number of aromatic nitrogens is 3. The number of fused-ring (bicyclic) bond motifs is 1. The van der Waals surface area contributed by atoms with Crippen LogP contribution in [0.15, 0.2) is 23.8 Å². The summed E-state index contributed by atoms with van der Waals surface area (Å²) in [5, 5.41) is 10.7. The first-order valence-electron chi connectivity index (χ1n) is 8.07. The van der Waals surface area contributed by atoms with E-state index in [9.17, 15) is 0 Å². The molecule has 1 aliphatic heterocycles. The van der Waals surface area contributed by atoms with Crippen LogP contribution in [0.25, 0.3) is 0 Å². The van der Waals surface area contributed by atoms with E-state index < -0.39 is 0 Å². The number of thiophene rings is 1. The molecule has 0 amide bonds. The van der Waals surface area contributed by atoms with Crippen molar-refractivity contribution in [1.29, 1.82) is 0 Å². The Balaban J connectivity index is 1.60. The Hall–Kier alpha value is -1.20. The molecule has 1 atom stereocenters. The lowest BCUT2D eigenvalue weighted by atomic mass is 9.88. The van der Waals surface area contributed by atoms with Crippen LogP contribution in [0.1, 0.15) is 48.8 Å². The van der Waals surface area contributed by atoms with Crippen molar-refractivity contribution >= 4 is 11.3 Å². The second-order valence-corrected chi connectivity index (χ2v) is 7.28. The minimum absolute atomic E-state index is 0.308. The normalized spacial score (nSPS) is 24.1. The SMILES string of the molecule is c1csc(C2c3nncn3CCN2CC2CCCCC2)c1. The third-order valence-electron chi connectivity index (χ3n) is 4.91. The molecule has 0 N–H and O–H groups in total. The van der Waals surface area contributed by atoms with Crippen molar-refractivity contribution < 1.29 is 0 Å². The fraction of sp³-hybridized carbons (Fsp3) is 0.625. The summed E-state index contributed by atoms with van der Waals surface area (Å²) in [7, 11) is 0. The topological polar surface area (TPSA) is 34.0 Å². The molecule has 4 rings (SSSR count). The van der Waals surface area contributed by atoms with Crippen molar-refractivity contribution in [3.05, 3.63) is 34.5 Å². The molecule has 2 aromatic heterocycles. The lowest BCUT2D eigenvalue weighted by Gasteiger charge is -2.37. The van der Waals surface area contributed by atoms with Gasteiger partial charge in [-0.05, 0) is 30.2 Å². The van der Waals surface area contributed by atoms with E-state index in [0.29, 0.717) is 6.04 Å². The van der Waals surface area contributed by atoms with Gasteiger partial charge in [0.1, 0.15) is 12.4 Å². The van der Waals surface area contributed by atoms with Crippen LogP contribution in [0.5, 0.6) is 0 Å². The van der Waals surface area contributed by atoms with E-state index in [1.54, 1.807) is 0 Å². The first-order valence-corrected chi connectivity index (χ1v) is 8.95. The van der Waals surface area contributed by atoms with Gasteiger partial charge in [-0.2, -0.15) is 0 Å². The third-order valence-corrected chi connectivity index (χ3v) is 5.84. The molecule has 0 radical (unpaired) electrons. The summed E-state index contributed by atoms with van der Waals surface area (Å²) in [6.45, 7) is 3.36. The van der Waals surface area contributed by atoms with Crippen LogP contribution in [0.4, 0.5) is 0 Å². The highest BCUT2D eigenvalue weighted by Gasteiger charge is 2.33. The van der Waals surface area contributed by atoms with Gasteiger partial charge in [0.15, 0.2) is 5.82 Å². The van der Waals surface area contributed by atoms with Crippen molar-refractivity contribution in [3.63, 3.8) is 0 Å². The van der Waals surface area contributed by atoms with Crippen LogP contribution in [0.3, 0.4) is 0 Å². The molecule has 112 valence electrons. The van der Waals surface area contributed by atoms with E-state index in [2.05, 4.69) is 37.2 Å². The van der Waals surface area contributed by atoms with Crippen LogP contribution in [0.2, 0.25) is 0 Å². The maximum atomic E-state index is 4.42. The monoisotopic (exact) mass is 302 g/mol. The Kier molecular flexibility index (Phi) is 3.78. The highest BCUT2D eigenvalue weighted by molar-refractivity contribution is 7.10. The Labute approximate surface area is 129 Å². The Morgan fingerprint density at radius 1 is 1.19 bits per heavy atom. The summed E-state index contributed by atoms with van der Waals surface area (Å²) in [5.74, 6) is 2.00. The zero-order valence-corrected chi connectivity index (χ0v) is 13.1. The van der Waals surface area contributed by atoms with Crippen LogP contribution >= 0.6 is 11.3 Å². The third kappa shape index (κ3) is 2.64. The number of nitrogens with zero attached hydrogens (tertiary/aromatic N) is 4. The molecule has 1 unspecified atom stereocenters. The summed E-state index contributed by atoms with van der Waals surface area (Å²) >= 11 is 1.84. The molecule has 2 aromatic rings. The average Bonchev–Trinajstić information content (AvgIpc) is 3.19. The highest BCUT2D eigenvalue weighted by Crippen LogP contribution is 2.35. The quantitative estimate of drug-likeness (QED) is 0.872. The Morgan fingerprint density at radius 2 is 2.10 bits per heavy atom. The predicted octanol–water partition coefficient (Wildman–Crippen LogP) is 3.32. The van der Waals surface area contributed by atoms with Crippen LogP contribution in [0, 0.1) is 5.92 Å². The molecule has 1 saturated carbocycles. The van der Waals surface area contributed by atoms with Crippen molar-refractivity contribution in [1.82, 2.24) is 19.7 Å². The highest BCUT2D eigenvalue weighted by atomic mass is 32.1. The molecular weight excluding hydrogens is 280 g/mol. The van der Waals surface area contributed by atoms with E-state index in [-0.39, 0.29) is 0 Å². The first kappa shape index (κ1) is 13.5. The summed E-state index contributed by atoms with van der Waals surface area (Å²) < 4.78 is 2.22. The lowest BCUT2D eigenvalue weighted by molar-refractivity contribution is 0.138. The zero-order valence-electron chi connectivity index (χ0n) is 12.3. The molecule has 0 bridgehead atoms. The van der Waals surface area contributed by atoms with Crippen molar-refractivity contribution in [3.8, 4) is 0 Å². The number of rotatable bonds is 3. The molecule has 0 saturated heterocycles. The van der Waals surface area contributed by atoms with E-state index in [1.807, 2.05) is 17.7 Å². The molecule has 3 heterocycles. The van der Waals surface area contributed by atoms with E-state index in [4.69, 9.17) is 0 Å². The smallest absolute Gasteiger partial charge is 0.155 e. The summed E-state index contributed by atoms with van der Waals surface area (Å²) in [4.78, 5) is 4.05. The van der Waals surface area contributed by atoms with E-state index >= 15 is 0 Å². The molecule has 0 spiro atoms. The van der Waals surface area contributed by atoms with Gasteiger partial charge in [-0.25, -0.2) is 0 Å². The fourth-order valence-electron chi connectivity index (χ4n) is 3.83. The van der Waals surface area contributed by atoms with Gasteiger partial charge >= 0.3 is 0 Å². The molecule has 21 heavy (non-hydrogen) atoms. The molecular formula is C16H22N4S. The van der Waals surface area contributed by atoms with Crippen LogP contribution < -0.4 is 0 Å². The summed E-state index contributed by atoms with van der Waals surface area (Å²) in [6, 6.07) is 4.70. The standard InChI is InChI=1S/C16H22N4S/c1-2-5-13(6-3-1)11-19-8-9-20-12-17-18-16(20)15(19)14-7-4-10-21-14/h4,7,10,12-13,15H,1-3,5-6,8-9,11H2. The largest absolute Gasteiger partial charge is 0.315 e. The minimum atomic E-state index is 0.308. The molecule has 2 aliphatic rings. The van der Waals surface area contributed by atoms with Crippen molar-refractivity contribution in [2.45, 2.75) is 44.7 Å². The number of hydrogen-bond donors (Lipinski definition) is 0. The average molecular weight is 302 g/mol. The van der Waals surface area contributed by atoms with Gasteiger partial charge in [0.2, 0.25) is 0 Å². The zero-order chi connectivity index (χ0) is 14.1. The molecule has 4 nitrogen and oxygen atoms in total. The molecule has 0 aromatic carbocycles. The predicted molar refractivity (Wildman–Crippen MR) is 84.3 cm³/mol. The van der Waals surface area contributed by atoms with Gasteiger partial charge in [-0.3, -0.25) is 4.90 Å². The second kappa shape index (κ2) is 5.89. The number of hydrogen-bond acceptors (Lipinski definition) is 4. The minimum Gasteiger partial charge on any atom is -0.315 e. The van der Waals surface area contributed by atoms with Gasteiger partial charge in [-0.15, -0.1) is 21.5 Å². The Bertz CT molecular complexity index is 571. The summed E-state index contributed by atoms with van der Waals surface area (Å²) in [6.07, 6.45) is 8.95. The van der Waals surface area contributed by atoms with Gasteiger partial charge in [0.25, 0.3) is 0 Å². The van der Waals surface area contributed by atoms with Crippen molar-refractivity contribution in [2.75, 3.05) is 13.1 Å². The van der Waals surface area contributed by atoms with Gasteiger partial charge < -0.3 is 4.57 Å².